The van der Waals surface area contributed by atoms with Crippen molar-refractivity contribution in [1.29, 1.82) is 0 Å². The number of aryl methyl sites for hydroxylation is 1. The number of H-pyrrole nitrogens is 1. The highest BCUT2D eigenvalue weighted by Crippen LogP contribution is 2.06. The average molecular weight is 195 g/mol. The summed E-state index contributed by atoms with van der Waals surface area (Å²) in [5, 5.41) is 0. The summed E-state index contributed by atoms with van der Waals surface area (Å²) in [5.74, 6) is 0. The van der Waals surface area contributed by atoms with Crippen LogP contribution in [0.1, 0.15) is 12.6 Å². The lowest BCUT2D eigenvalue weighted by Gasteiger charge is -1.94. The van der Waals surface area contributed by atoms with E-state index in [0.29, 0.717) is 0 Å². The highest BCUT2D eigenvalue weighted by Gasteiger charge is 2.20. The van der Waals surface area contributed by atoms with Gasteiger partial charge >= 0.3 is 7.25 Å². The maximum absolute atomic E-state index is 9.75. The number of nitrogens with one attached hydrogen (secondary N) is 1. The van der Waals surface area contributed by atoms with Crippen LogP contribution in [0, 0.1) is 0 Å². The van der Waals surface area contributed by atoms with Crippen LogP contribution in [-0.4, -0.2) is 7.25 Å². The van der Waals surface area contributed by atoms with Crippen molar-refractivity contribution in [2.24, 2.45) is 0 Å². The molecule has 0 atom stereocenters. The second-order valence-electron chi connectivity index (χ2n) is 2.24. The van der Waals surface area contributed by atoms with Gasteiger partial charge in [0.15, 0.2) is 11.9 Å². The first kappa shape index (κ1) is 11.9. The van der Waals surface area contributed by atoms with Gasteiger partial charge in [0.1, 0.15) is 0 Å². The second kappa shape index (κ2) is 5.56. The first-order valence-corrected chi connectivity index (χ1v) is 3.76. The van der Waals surface area contributed by atoms with Gasteiger partial charge in [-0.15, -0.1) is 0 Å². The van der Waals surface area contributed by atoms with Gasteiger partial charge in [0, 0.05) is 18.6 Å². The molecular formula is C7H10BF4N. The summed E-state index contributed by atoms with van der Waals surface area (Å²) in [7, 11) is -6.00. The van der Waals surface area contributed by atoms with E-state index in [0.717, 1.165) is 6.42 Å². The number of hydrogen-bond acceptors (Lipinski definition) is 0. The van der Waals surface area contributed by atoms with Gasteiger partial charge in [-0.1, -0.05) is 13.0 Å². The molecule has 0 aliphatic rings. The molecule has 0 unspecified atom stereocenters. The Kier molecular flexibility index (Phi) is 5.10. The number of aromatic amines is 1. The van der Waals surface area contributed by atoms with Gasteiger partial charge in [-0.2, -0.15) is 0 Å². The minimum absolute atomic E-state index is 1.08. The Labute approximate surface area is 73.9 Å². The molecular weight excluding hydrogens is 185 g/mol. The molecule has 0 saturated carbocycles. The molecule has 0 aliphatic carbocycles. The summed E-state index contributed by atoms with van der Waals surface area (Å²) in [5.41, 5.74) is 1.28. The second-order valence-corrected chi connectivity index (χ2v) is 2.24. The molecule has 13 heavy (non-hydrogen) atoms. The predicted octanol–water partition coefficient (Wildman–Crippen LogP) is 2.36. The van der Waals surface area contributed by atoms with Crippen LogP contribution >= 0.6 is 0 Å². The van der Waals surface area contributed by atoms with Crippen LogP contribution in [0.25, 0.3) is 0 Å². The van der Waals surface area contributed by atoms with Crippen LogP contribution in [0.4, 0.5) is 17.3 Å². The van der Waals surface area contributed by atoms with Gasteiger partial charge in [0.05, 0.1) is 0 Å². The lowest BCUT2D eigenvalue weighted by Crippen LogP contribution is -2.06. The van der Waals surface area contributed by atoms with Crippen LogP contribution < -0.4 is 4.98 Å². The molecule has 0 radical (unpaired) electrons. The molecule has 1 aromatic rings. The Bertz CT molecular complexity index is 218. The average Bonchev–Trinajstić information content (AvgIpc) is 2.03. The Hall–Kier alpha value is -1.07. The minimum Gasteiger partial charge on any atom is -0.418 e. The van der Waals surface area contributed by atoms with Gasteiger partial charge in [-0.25, -0.2) is 4.98 Å². The third kappa shape index (κ3) is 10.9. The summed E-state index contributed by atoms with van der Waals surface area (Å²) >= 11 is 0. The molecule has 0 fully saturated rings. The van der Waals surface area contributed by atoms with Crippen LogP contribution in [0.2, 0.25) is 0 Å². The van der Waals surface area contributed by atoms with E-state index in [1.807, 2.05) is 18.3 Å². The monoisotopic (exact) mass is 195 g/mol. The van der Waals surface area contributed by atoms with Crippen molar-refractivity contribution in [1.82, 2.24) is 0 Å². The number of pyridine rings is 1. The fraction of sp³-hybridized carbons (Fsp3) is 0.286. The molecule has 1 nitrogen and oxygen atoms in total. The van der Waals surface area contributed by atoms with Gasteiger partial charge in [0.2, 0.25) is 0 Å². The molecule has 1 N–H and O–H groups in total. The zero-order valence-electron chi connectivity index (χ0n) is 7.11. The Morgan fingerprint density at radius 1 is 1.23 bits per heavy atom. The lowest BCUT2D eigenvalue weighted by molar-refractivity contribution is -0.389. The quantitative estimate of drug-likeness (QED) is 0.482. The Morgan fingerprint density at radius 3 is 2.00 bits per heavy atom. The summed E-state index contributed by atoms with van der Waals surface area (Å²) in [4.78, 5) is 3.12. The molecule has 0 aromatic carbocycles. The standard InChI is InChI=1S/C7H9N.BF4/c1-2-7-5-3-4-6-8-7;2-1(3,4)5/h3-6H,2H2,1H3;/q;-1/p+1. The van der Waals surface area contributed by atoms with Crippen molar-refractivity contribution >= 4 is 7.25 Å². The largest absolute Gasteiger partial charge is 0.673 e. The Balaban J connectivity index is 0.000000252. The summed E-state index contributed by atoms with van der Waals surface area (Å²) < 4.78 is 39.0. The van der Waals surface area contributed by atoms with E-state index in [4.69, 9.17) is 0 Å². The third-order valence-corrected chi connectivity index (χ3v) is 1.15. The van der Waals surface area contributed by atoms with E-state index in [1.54, 1.807) is 0 Å². The smallest absolute Gasteiger partial charge is 0.418 e. The first-order chi connectivity index (χ1) is 5.93. The highest BCUT2D eigenvalue weighted by atomic mass is 19.5. The molecule has 74 valence electrons. The lowest BCUT2D eigenvalue weighted by atomic mass is 10.3. The minimum atomic E-state index is -6.00. The van der Waals surface area contributed by atoms with Crippen LogP contribution in [-0.2, 0) is 6.42 Å². The summed E-state index contributed by atoms with van der Waals surface area (Å²) in [6.07, 6.45) is 3.03. The predicted molar refractivity (Wildman–Crippen MR) is 42.6 cm³/mol. The van der Waals surface area contributed by atoms with E-state index in [2.05, 4.69) is 18.0 Å². The Morgan fingerprint density at radius 2 is 1.77 bits per heavy atom. The molecule has 6 heteroatoms. The van der Waals surface area contributed by atoms with Crippen LogP contribution in [0.5, 0.6) is 0 Å². The normalized spacial score (nSPS) is 10.2. The SMILES string of the molecule is CCc1cccc[nH+]1.F[B-](F)(F)F. The molecule has 1 rings (SSSR count). The van der Waals surface area contributed by atoms with E-state index in [-0.39, 0.29) is 0 Å². The topological polar surface area (TPSA) is 14.1 Å². The van der Waals surface area contributed by atoms with Crippen molar-refractivity contribution < 1.29 is 22.2 Å². The zero-order valence-corrected chi connectivity index (χ0v) is 7.11. The van der Waals surface area contributed by atoms with Crippen molar-refractivity contribution in [2.45, 2.75) is 13.3 Å². The van der Waals surface area contributed by atoms with Crippen molar-refractivity contribution in [3.05, 3.63) is 30.1 Å². The summed E-state index contributed by atoms with van der Waals surface area (Å²) in [6, 6.07) is 6.11. The van der Waals surface area contributed by atoms with E-state index >= 15 is 0 Å². The number of aromatic nitrogens is 1. The van der Waals surface area contributed by atoms with Gasteiger partial charge < -0.3 is 17.3 Å². The molecule has 0 saturated heterocycles. The van der Waals surface area contributed by atoms with Gasteiger partial charge in [-0.3, -0.25) is 0 Å². The van der Waals surface area contributed by atoms with Crippen LogP contribution in [0.15, 0.2) is 24.4 Å². The fourth-order valence-electron chi connectivity index (χ4n) is 0.650. The van der Waals surface area contributed by atoms with E-state index in [1.165, 1.54) is 5.69 Å². The maximum Gasteiger partial charge on any atom is 0.673 e. The van der Waals surface area contributed by atoms with Crippen molar-refractivity contribution in [3.8, 4) is 0 Å². The molecule has 0 amide bonds. The van der Waals surface area contributed by atoms with Crippen molar-refractivity contribution in [2.75, 3.05) is 0 Å². The van der Waals surface area contributed by atoms with E-state index in [9.17, 15) is 17.3 Å². The molecule has 0 aliphatic heterocycles. The molecule has 1 heterocycles. The molecule has 0 bridgehead atoms. The zero-order chi connectivity index (χ0) is 10.3. The highest BCUT2D eigenvalue weighted by molar-refractivity contribution is 6.50. The first-order valence-electron chi connectivity index (χ1n) is 3.76. The molecule has 0 spiro atoms. The van der Waals surface area contributed by atoms with Crippen molar-refractivity contribution in [3.63, 3.8) is 0 Å². The number of hydrogen-bond donors (Lipinski definition) is 0. The van der Waals surface area contributed by atoms with Crippen LogP contribution in [0.3, 0.4) is 0 Å². The third-order valence-electron chi connectivity index (χ3n) is 1.15. The van der Waals surface area contributed by atoms with E-state index < -0.39 is 7.25 Å². The molecule has 1 aromatic heterocycles. The number of rotatable bonds is 1. The fourth-order valence-corrected chi connectivity index (χ4v) is 0.650. The summed E-state index contributed by atoms with van der Waals surface area (Å²) in [6.45, 7) is 2.13. The van der Waals surface area contributed by atoms with Gasteiger partial charge in [-0.05, 0) is 0 Å². The number of halogens is 4. The van der Waals surface area contributed by atoms with Gasteiger partial charge in [0.25, 0.3) is 0 Å². The maximum atomic E-state index is 9.75.